The molecule has 0 atom stereocenters. The predicted octanol–water partition coefficient (Wildman–Crippen LogP) is 1.19. The molecule has 0 saturated carbocycles. The number of pyridine rings is 1. The van der Waals surface area contributed by atoms with Crippen LogP contribution in [0.5, 0.6) is 0 Å². The van der Waals surface area contributed by atoms with E-state index in [2.05, 4.69) is 20.3 Å². The number of fused-ring (bicyclic) bond motifs is 5. The van der Waals surface area contributed by atoms with Crippen molar-refractivity contribution < 1.29 is 4.79 Å². The number of Topliss-reactive ketones (excluding diaryl/α,β-unsaturated/α-hetero) is 1. The molecule has 3 heterocycles. The van der Waals surface area contributed by atoms with Gasteiger partial charge in [0.05, 0.1) is 11.1 Å². The van der Waals surface area contributed by atoms with Crippen LogP contribution in [0.4, 0.5) is 0 Å². The molecule has 6 heteroatoms. The highest BCUT2D eigenvalue weighted by Crippen LogP contribution is 2.22. The third-order valence-corrected chi connectivity index (χ3v) is 3.28. The monoisotopic (exact) mass is 239 g/mol. The van der Waals surface area contributed by atoms with Crippen molar-refractivity contribution in [2.75, 3.05) is 0 Å². The number of hydrogen-bond donors (Lipinski definition) is 0. The highest BCUT2D eigenvalue weighted by molar-refractivity contribution is 5.97. The Morgan fingerprint density at radius 2 is 2.17 bits per heavy atom. The molecule has 0 spiro atoms. The molecule has 4 rings (SSSR count). The van der Waals surface area contributed by atoms with Crippen LogP contribution in [0.1, 0.15) is 29.0 Å². The zero-order valence-corrected chi connectivity index (χ0v) is 9.50. The van der Waals surface area contributed by atoms with Crippen LogP contribution in [0.15, 0.2) is 18.3 Å². The fourth-order valence-corrected chi connectivity index (χ4v) is 2.42. The maximum absolute atomic E-state index is 11.8. The van der Waals surface area contributed by atoms with E-state index in [0.29, 0.717) is 23.4 Å². The first-order chi connectivity index (χ1) is 8.84. The quantitative estimate of drug-likeness (QED) is 0.589. The second kappa shape index (κ2) is 3.32. The van der Waals surface area contributed by atoms with Gasteiger partial charge in [0.2, 0.25) is 0 Å². The molecule has 0 amide bonds. The lowest BCUT2D eigenvalue weighted by atomic mass is 10.00. The maximum atomic E-state index is 11.8. The molecule has 0 bridgehead atoms. The Morgan fingerprint density at radius 3 is 3.11 bits per heavy atom. The van der Waals surface area contributed by atoms with Crippen LogP contribution in [0.3, 0.4) is 0 Å². The summed E-state index contributed by atoms with van der Waals surface area (Å²) in [7, 11) is 0. The summed E-state index contributed by atoms with van der Waals surface area (Å²) in [6.45, 7) is 0. The molecule has 0 radical (unpaired) electrons. The van der Waals surface area contributed by atoms with Crippen LogP contribution in [0.2, 0.25) is 0 Å². The number of rotatable bonds is 0. The Kier molecular flexibility index (Phi) is 1.78. The van der Waals surface area contributed by atoms with Crippen molar-refractivity contribution in [3.05, 3.63) is 29.7 Å². The minimum absolute atomic E-state index is 0.0539. The van der Waals surface area contributed by atoms with Crippen LogP contribution >= 0.6 is 0 Å². The molecule has 1 aliphatic rings. The fraction of sp³-hybridized carbons (Fsp3) is 0.250. The van der Waals surface area contributed by atoms with Crippen molar-refractivity contribution in [3.8, 4) is 0 Å². The first-order valence-corrected chi connectivity index (χ1v) is 5.87. The standard InChI is InChI=1S/C12H9N5O/c18-9-5-1-4-8-10(9)14-15-12-7-3-2-6-13-11(7)16-17(8)12/h2-3,6H,1,4-5H2. The predicted molar refractivity (Wildman–Crippen MR) is 63.4 cm³/mol. The summed E-state index contributed by atoms with van der Waals surface area (Å²) in [6.07, 6.45) is 3.89. The van der Waals surface area contributed by atoms with Crippen molar-refractivity contribution in [2.45, 2.75) is 19.3 Å². The third-order valence-electron chi connectivity index (χ3n) is 3.28. The van der Waals surface area contributed by atoms with Crippen molar-refractivity contribution in [2.24, 2.45) is 0 Å². The molecule has 0 N–H and O–H groups in total. The van der Waals surface area contributed by atoms with E-state index in [-0.39, 0.29) is 5.78 Å². The van der Waals surface area contributed by atoms with Crippen molar-refractivity contribution in [3.63, 3.8) is 0 Å². The number of carbonyl (C=O) groups is 1. The van der Waals surface area contributed by atoms with E-state index in [1.165, 1.54) is 0 Å². The van der Waals surface area contributed by atoms with E-state index in [9.17, 15) is 4.79 Å². The summed E-state index contributed by atoms with van der Waals surface area (Å²) in [4.78, 5) is 16.0. The van der Waals surface area contributed by atoms with Gasteiger partial charge in [-0.15, -0.1) is 15.3 Å². The second-order valence-electron chi connectivity index (χ2n) is 4.38. The van der Waals surface area contributed by atoms with Gasteiger partial charge >= 0.3 is 0 Å². The summed E-state index contributed by atoms with van der Waals surface area (Å²) in [5.41, 5.74) is 2.63. The van der Waals surface area contributed by atoms with Gasteiger partial charge in [-0.05, 0) is 25.0 Å². The first-order valence-electron chi connectivity index (χ1n) is 5.87. The van der Waals surface area contributed by atoms with Gasteiger partial charge in [0, 0.05) is 12.6 Å². The van der Waals surface area contributed by atoms with Crippen molar-refractivity contribution in [1.29, 1.82) is 0 Å². The Balaban J connectivity index is 2.17. The minimum atomic E-state index is 0.0539. The molecular weight excluding hydrogens is 230 g/mol. The molecule has 0 aliphatic heterocycles. The summed E-state index contributed by atoms with van der Waals surface area (Å²) >= 11 is 0. The van der Waals surface area contributed by atoms with Crippen molar-refractivity contribution in [1.82, 2.24) is 24.8 Å². The molecule has 18 heavy (non-hydrogen) atoms. The van der Waals surface area contributed by atoms with Gasteiger partial charge in [-0.2, -0.15) is 0 Å². The SMILES string of the molecule is O=C1CCCc2c1nnc1c3cccnc3nn21. The van der Waals surface area contributed by atoms with E-state index in [1.807, 2.05) is 12.1 Å². The smallest absolute Gasteiger partial charge is 0.187 e. The van der Waals surface area contributed by atoms with Gasteiger partial charge in [-0.1, -0.05) is 0 Å². The lowest BCUT2D eigenvalue weighted by molar-refractivity contribution is 0.0964. The molecule has 6 nitrogen and oxygen atoms in total. The van der Waals surface area contributed by atoms with Crippen LogP contribution in [-0.4, -0.2) is 30.6 Å². The zero-order chi connectivity index (χ0) is 12.1. The number of nitrogens with zero attached hydrogens (tertiary/aromatic N) is 5. The van der Waals surface area contributed by atoms with Gasteiger partial charge in [0.25, 0.3) is 0 Å². The summed E-state index contributed by atoms with van der Waals surface area (Å²) in [5, 5.41) is 13.5. The third kappa shape index (κ3) is 1.14. The Hall–Kier alpha value is -2.37. The molecule has 0 saturated heterocycles. The number of hydrogen-bond acceptors (Lipinski definition) is 5. The molecule has 88 valence electrons. The molecule has 0 unspecified atom stereocenters. The maximum Gasteiger partial charge on any atom is 0.187 e. The first kappa shape index (κ1) is 9.64. The van der Waals surface area contributed by atoms with Crippen LogP contribution in [0.25, 0.3) is 16.7 Å². The molecule has 3 aromatic rings. The van der Waals surface area contributed by atoms with Crippen LogP contribution in [-0.2, 0) is 6.42 Å². The zero-order valence-electron chi connectivity index (χ0n) is 9.50. The number of aromatic nitrogens is 5. The lowest BCUT2D eigenvalue weighted by Crippen LogP contribution is -2.18. The number of ketones is 1. The van der Waals surface area contributed by atoms with E-state index < -0.39 is 0 Å². The molecule has 1 aliphatic carbocycles. The molecular formula is C12H9N5O. The Morgan fingerprint density at radius 1 is 1.22 bits per heavy atom. The van der Waals surface area contributed by atoms with E-state index in [1.54, 1.807) is 10.7 Å². The summed E-state index contributed by atoms with van der Waals surface area (Å²) in [6, 6.07) is 3.76. The van der Waals surface area contributed by atoms with Gasteiger partial charge in [-0.3, -0.25) is 4.79 Å². The van der Waals surface area contributed by atoms with Gasteiger partial charge in [0.1, 0.15) is 0 Å². The average Bonchev–Trinajstić information content (AvgIpc) is 2.78. The molecule has 0 fully saturated rings. The van der Waals surface area contributed by atoms with Gasteiger partial charge in [0.15, 0.2) is 22.8 Å². The number of aryl methyl sites for hydroxylation is 1. The van der Waals surface area contributed by atoms with Gasteiger partial charge < -0.3 is 0 Å². The van der Waals surface area contributed by atoms with Crippen LogP contribution in [0, 0.1) is 0 Å². The Bertz CT molecular complexity index is 792. The Labute approximate surface area is 102 Å². The lowest BCUT2D eigenvalue weighted by Gasteiger charge is -2.13. The van der Waals surface area contributed by atoms with Crippen molar-refractivity contribution >= 4 is 22.5 Å². The fourth-order valence-electron chi connectivity index (χ4n) is 2.42. The normalized spacial score (nSPS) is 15.2. The average molecular weight is 239 g/mol. The molecule has 3 aromatic heterocycles. The second-order valence-corrected chi connectivity index (χ2v) is 4.38. The summed E-state index contributed by atoms with van der Waals surface area (Å²) in [5.74, 6) is 0.0539. The minimum Gasteiger partial charge on any atom is -0.292 e. The van der Waals surface area contributed by atoms with Gasteiger partial charge in [-0.25, -0.2) is 9.50 Å². The largest absolute Gasteiger partial charge is 0.292 e. The molecule has 0 aromatic carbocycles. The summed E-state index contributed by atoms with van der Waals surface area (Å²) < 4.78 is 1.72. The topological polar surface area (TPSA) is 73.0 Å². The highest BCUT2D eigenvalue weighted by Gasteiger charge is 2.23. The van der Waals surface area contributed by atoms with E-state index in [0.717, 1.165) is 23.9 Å². The van der Waals surface area contributed by atoms with E-state index in [4.69, 9.17) is 0 Å². The highest BCUT2D eigenvalue weighted by atomic mass is 16.1. The van der Waals surface area contributed by atoms with E-state index >= 15 is 0 Å². The van der Waals surface area contributed by atoms with Crippen LogP contribution < -0.4 is 0 Å². The number of carbonyl (C=O) groups excluding carboxylic acids is 1.